The van der Waals surface area contributed by atoms with Crippen molar-refractivity contribution < 1.29 is 5.11 Å². The number of aliphatic hydroxyl groups is 1. The summed E-state index contributed by atoms with van der Waals surface area (Å²) in [5.41, 5.74) is 0. The van der Waals surface area contributed by atoms with Gasteiger partial charge in [0.1, 0.15) is 0 Å². The van der Waals surface area contributed by atoms with Crippen LogP contribution in [0, 0.1) is 23.7 Å². The van der Waals surface area contributed by atoms with Gasteiger partial charge in [0, 0.05) is 6.61 Å². The standard InChI is InChI=1S/C11H20O/c1-8(4-5-12)11-7-9-2-3-10(11)6-9/h8-12H,2-7H2,1H3. The molecule has 0 amide bonds. The molecule has 0 aliphatic heterocycles. The summed E-state index contributed by atoms with van der Waals surface area (Å²) in [5, 5.41) is 8.87. The maximum Gasteiger partial charge on any atom is 0.0433 e. The second-order valence-corrected chi connectivity index (χ2v) is 4.83. The van der Waals surface area contributed by atoms with E-state index in [1.165, 1.54) is 25.7 Å². The highest BCUT2D eigenvalue weighted by atomic mass is 16.3. The van der Waals surface area contributed by atoms with Crippen LogP contribution in [-0.2, 0) is 0 Å². The molecule has 2 rings (SSSR count). The molecule has 1 nitrogen and oxygen atoms in total. The van der Waals surface area contributed by atoms with Gasteiger partial charge in [-0.05, 0) is 49.4 Å². The minimum absolute atomic E-state index is 0.384. The number of aliphatic hydroxyl groups excluding tert-OH is 1. The number of rotatable bonds is 3. The zero-order valence-electron chi connectivity index (χ0n) is 8.00. The van der Waals surface area contributed by atoms with Gasteiger partial charge in [0.05, 0.1) is 0 Å². The molecule has 0 aromatic heterocycles. The molecule has 2 fully saturated rings. The smallest absolute Gasteiger partial charge is 0.0433 e. The van der Waals surface area contributed by atoms with Crippen LogP contribution in [0.1, 0.15) is 39.0 Å². The Bertz CT molecular complexity index is 155. The topological polar surface area (TPSA) is 20.2 Å². The maximum atomic E-state index is 8.87. The molecular formula is C11H20O. The summed E-state index contributed by atoms with van der Waals surface area (Å²) in [6.45, 7) is 2.70. The van der Waals surface area contributed by atoms with E-state index in [0.29, 0.717) is 6.61 Å². The Kier molecular flexibility index (Phi) is 2.40. The van der Waals surface area contributed by atoms with Gasteiger partial charge < -0.3 is 5.11 Å². The van der Waals surface area contributed by atoms with Crippen molar-refractivity contribution in [3.8, 4) is 0 Å². The van der Waals surface area contributed by atoms with Crippen molar-refractivity contribution in [2.45, 2.75) is 39.0 Å². The lowest BCUT2D eigenvalue weighted by Gasteiger charge is -2.27. The van der Waals surface area contributed by atoms with E-state index in [4.69, 9.17) is 5.11 Å². The van der Waals surface area contributed by atoms with Crippen molar-refractivity contribution in [1.29, 1.82) is 0 Å². The minimum Gasteiger partial charge on any atom is -0.396 e. The van der Waals surface area contributed by atoms with Crippen LogP contribution in [0.4, 0.5) is 0 Å². The van der Waals surface area contributed by atoms with Gasteiger partial charge in [-0.1, -0.05) is 13.3 Å². The SMILES string of the molecule is CC(CCO)C1CC2CCC1C2. The lowest BCUT2D eigenvalue weighted by Crippen LogP contribution is -2.19. The van der Waals surface area contributed by atoms with Gasteiger partial charge in [-0.15, -0.1) is 0 Å². The molecule has 0 spiro atoms. The third-order valence-corrected chi connectivity index (χ3v) is 4.11. The summed E-state index contributed by atoms with van der Waals surface area (Å²) < 4.78 is 0. The Morgan fingerprint density at radius 3 is 2.67 bits per heavy atom. The van der Waals surface area contributed by atoms with Gasteiger partial charge in [-0.25, -0.2) is 0 Å². The Morgan fingerprint density at radius 2 is 2.17 bits per heavy atom. The summed E-state index contributed by atoms with van der Waals surface area (Å²) in [6.07, 6.45) is 6.96. The molecule has 4 atom stereocenters. The van der Waals surface area contributed by atoms with E-state index in [2.05, 4.69) is 6.92 Å². The lowest BCUT2D eigenvalue weighted by atomic mass is 9.79. The van der Waals surface area contributed by atoms with Gasteiger partial charge in [-0.3, -0.25) is 0 Å². The molecule has 0 heterocycles. The van der Waals surface area contributed by atoms with E-state index in [-0.39, 0.29) is 0 Å². The average molecular weight is 168 g/mol. The predicted octanol–water partition coefficient (Wildman–Crippen LogP) is 2.44. The number of hydrogen-bond acceptors (Lipinski definition) is 1. The Balaban J connectivity index is 1.89. The largest absolute Gasteiger partial charge is 0.396 e. The summed E-state index contributed by atoms with van der Waals surface area (Å²) in [7, 11) is 0. The monoisotopic (exact) mass is 168 g/mol. The van der Waals surface area contributed by atoms with Crippen molar-refractivity contribution >= 4 is 0 Å². The van der Waals surface area contributed by atoms with Crippen LogP contribution in [0.25, 0.3) is 0 Å². The molecule has 70 valence electrons. The molecule has 1 N–H and O–H groups in total. The van der Waals surface area contributed by atoms with Crippen LogP contribution in [0.3, 0.4) is 0 Å². The zero-order chi connectivity index (χ0) is 8.55. The molecule has 12 heavy (non-hydrogen) atoms. The average Bonchev–Trinajstić information content (AvgIpc) is 2.64. The molecular weight excluding hydrogens is 148 g/mol. The predicted molar refractivity (Wildman–Crippen MR) is 49.8 cm³/mol. The van der Waals surface area contributed by atoms with Crippen LogP contribution in [0.2, 0.25) is 0 Å². The van der Waals surface area contributed by atoms with E-state index in [0.717, 1.165) is 30.1 Å². The minimum atomic E-state index is 0.384. The van der Waals surface area contributed by atoms with Crippen LogP contribution in [0.5, 0.6) is 0 Å². The molecule has 0 saturated heterocycles. The highest BCUT2D eigenvalue weighted by molar-refractivity contribution is 4.91. The van der Waals surface area contributed by atoms with E-state index >= 15 is 0 Å². The third kappa shape index (κ3) is 1.39. The molecule has 2 aliphatic rings. The molecule has 0 aromatic carbocycles. The van der Waals surface area contributed by atoms with Crippen molar-refractivity contribution in [2.75, 3.05) is 6.61 Å². The molecule has 4 unspecified atom stereocenters. The first-order chi connectivity index (χ1) is 5.81. The summed E-state index contributed by atoms with van der Waals surface area (Å²) in [6, 6.07) is 0. The fourth-order valence-electron chi connectivity index (χ4n) is 3.41. The van der Waals surface area contributed by atoms with Crippen LogP contribution in [-0.4, -0.2) is 11.7 Å². The van der Waals surface area contributed by atoms with Crippen molar-refractivity contribution in [3.05, 3.63) is 0 Å². The van der Waals surface area contributed by atoms with Crippen molar-refractivity contribution in [2.24, 2.45) is 23.7 Å². The highest BCUT2D eigenvalue weighted by Gasteiger charge is 2.41. The Morgan fingerprint density at radius 1 is 1.33 bits per heavy atom. The first kappa shape index (κ1) is 8.55. The Hall–Kier alpha value is -0.0400. The molecule has 2 bridgehead atoms. The molecule has 2 aliphatic carbocycles. The fourth-order valence-corrected chi connectivity index (χ4v) is 3.41. The first-order valence-corrected chi connectivity index (χ1v) is 5.42. The molecule has 1 heteroatoms. The second-order valence-electron chi connectivity index (χ2n) is 4.83. The van der Waals surface area contributed by atoms with E-state index in [9.17, 15) is 0 Å². The zero-order valence-corrected chi connectivity index (χ0v) is 8.00. The summed E-state index contributed by atoms with van der Waals surface area (Å²) in [4.78, 5) is 0. The van der Waals surface area contributed by atoms with Gasteiger partial charge in [0.15, 0.2) is 0 Å². The van der Waals surface area contributed by atoms with E-state index in [1.807, 2.05) is 0 Å². The van der Waals surface area contributed by atoms with Crippen LogP contribution < -0.4 is 0 Å². The third-order valence-electron chi connectivity index (χ3n) is 4.11. The maximum absolute atomic E-state index is 8.87. The quantitative estimate of drug-likeness (QED) is 0.686. The van der Waals surface area contributed by atoms with Crippen LogP contribution in [0.15, 0.2) is 0 Å². The lowest BCUT2D eigenvalue weighted by molar-refractivity contribution is 0.187. The fraction of sp³-hybridized carbons (Fsp3) is 1.00. The van der Waals surface area contributed by atoms with Gasteiger partial charge >= 0.3 is 0 Å². The molecule has 0 aromatic rings. The van der Waals surface area contributed by atoms with Crippen molar-refractivity contribution in [1.82, 2.24) is 0 Å². The molecule has 0 radical (unpaired) electrons. The number of fused-ring (bicyclic) bond motifs is 2. The van der Waals surface area contributed by atoms with Crippen LogP contribution >= 0.6 is 0 Å². The van der Waals surface area contributed by atoms with E-state index < -0.39 is 0 Å². The summed E-state index contributed by atoms with van der Waals surface area (Å²) >= 11 is 0. The number of hydrogen-bond donors (Lipinski definition) is 1. The van der Waals surface area contributed by atoms with Gasteiger partial charge in [0.2, 0.25) is 0 Å². The Labute approximate surface area is 75.2 Å². The van der Waals surface area contributed by atoms with Crippen molar-refractivity contribution in [3.63, 3.8) is 0 Å². The normalized spacial score (nSPS) is 42.0. The summed E-state index contributed by atoms with van der Waals surface area (Å²) in [5.74, 6) is 3.80. The molecule has 2 saturated carbocycles. The van der Waals surface area contributed by atoms with Gasteiger partial charge in [0.25, 0.3) is 0 Å². The highest BCUT2D eigenvalue weighted by Crippen LogP contribution is 2.51. The first-order valence-electron chi connectivity index (χ1n) is 5.42. The second kappa shape index (κ2) is 3.37. The van der Waals surface area contributed by atoms with E-state index in [1.54, 1.807) is 0 Å². The van der Waals surface area contributed by atoms with Gasteiger partial charge in [-0.2, -0.15) is 0 Å².